The van der Waals surface area contributed by atoms with Crippen LogP contribution in [0.2, 0.25) is 0 Å². The molecular formula is C17H16N2O4. The van der Waals surface area contributed by atoms with E-state index in [1.807, 2.05) is 13.0 Å². The number of aromatic nitrogens is 1. The Morgan fingerprint density at radius 2 is 2.22 bits per heavy atom. The molecule has 2 aromatic heterocycles. The second kappa shape index (κ2) is 6.00. The lowest BCUT2D eigenvalue weighted by Crippen LogP contribution is -2.13. The summed E-state index contributed by atoms with van der Waals surface area (Å²) in [5.74, 6) is 0.420. The standard InChI is InChI=1S/C17H16N2O4/c1-3-22-11-6-7-14-12(9-11)10(2)15(23-14)17(21)19-16-13(20)5-4-8-18-16/h4-9,20H,3H2,1-2H3,(H,18,19,21). The molecule has 3 aromatic rings. The van der Waals surface area contributed by atoms with Crippen molar-refractivity contribution in [3.05, 3.63) is 47.9 Å². The summed E-state index contributed by atoms with van der Waals surface area (Å²) >= 11 is 0. The molecule has 6 nitrogen and oxygen atoms in total. The number of aryl methyl sites for hydroxylation is 1. The number of benzene rings is 1. The fourth-order valence-corrected chi connectivity index (χ4v) is 2.33. The molecule has 0 bridgehead atoms. The Morgan fingerprint density at radius 1 is 1.39 bits per heavy atom. The summed E-state index contributed by atoms with van der Waals surface area (Å²) in [5, 5.41) is 13.0. The van der Waals surface area contributed by atoms with Crippen LogP contribution in [0, 0.1) is 6.92 Å². The number of fused-ring (bicyclic) bond motifs is 1. The highest BCUT2D eigenvalue weighted by Gasteiger charge is 2.19. The molecule has 23 heavy (non-hydrogen) atoms. The van der Waals surface area contributed by atoms with Crippen LogP contribution in [0.4, 0.5) is 5.82 Å². The Balaban J connectivity index is 1.94. The predicted octanol–water partition coefficient (Wildman–Crippen LogP) is 3.49. The maximum absolute atomic E-state index is 12.4. The first kappa shape index (κ1) is 14.9. The number of hydrogen-bond donors (Lipinski definition) is 2. The minimum Gasteiger partial charge on any atom is -0.504 e. The second-order valence-electron chi connectivity index (χ2n) is 4.97. The number of carbonyl (C=O) groups excluding carboxylic acids is 1. The molecule has 0 atom stereocenters. The molecule has 1 amide bonds. The molecular weight excluding hydrogens is 296 g/mol. The summed E-state index contributed by atoms with van der Waals surface area (Å²) < 4.78 is 11.1. The molecule has 0 aliphatic heterocycles. The SMILES string of the molecule is CCOc1ccc2oc(C(=O)Nc3ncccc3O)c(C)c2c1. The molecule has 0 saturated carbocycles. The molecule has 6 heteroatoms. The number of rotatable bonds is 4. The first-order valence-electron chi connectivity index (χ1n) is 7.21. The van der Waals surface area contributed by atoms with Gasteiger partial charge in [0, 0.05) is 17.1 Å². The zero-order valence-corrected chi connectivity index (χ0v) is 12.8. The third-order valence-electron chi connectivity index (χ3n) is 3.44. The van der Waals surface area contributed by atoms with Gasteiger partial charge >= 0.3 is 0 Å². The number of nitrogens with one attached hydrogen (secondary N) is 1. The zero-order chi connectivity index (χ0) is 16.4. The molecule has 2 N–H and O–H groups in total. The Morgan fingerprint density at radius 3 is 2.96 bits per heavy atom. The van der Waals surface area contributed by atoms with Gasteiger partial charge in [-0.2, -0.15) is 0 Å². The van der Waals surface area contributed by atoms with Crippen LogP contribution in [-0.2, 0) is 0 Å². The van der Waals surface area contributed by atoms with Crippen LogP contribution in [0.1, 0.15) is 23.0 Å². The van der Waals surface area contributed by atoms with E-state index in [1.54, 1.807) is 25.1 Å². The number of anilines is 1. The molecule has 3 rings (SSSR count). The van der Waals surface area contributed by atoms with Crippen molar-refractivity contribution < 1.29 is 19.1 Å². The van der Waals surface area contributed by atoms with Crippen molar-refractivity contribution >= 4 is 22.7 Å². The number of ether oxygens (including phenoxy) is 1. The van der Waals surface area contributed by atoms with E-state index in [0.717, 1.165) is 11.1 Å². The van der Waals surface area contributed by atoms with Crippen molar-refractivity contribution in [1.82, 2.24) is 4.98 Å². The van der Waals surface area contributed by atoms with Crippen LogP contribution < -0.4 is 10.1 Å². The topological polar surface area (TPSA) is 84.6 Å². The van der Waals surface area contributed by atoms with Gasteiger partial charge in [0.25, 0.3) is 5.91 Å². The van der Waals surface area contributed by atoms with Gasteiger partial charge in [-0.1, -0.05) is 0 Å². The van der Waals surface area contributed by atoms with E-state index in [9.17, 15) is 9.90 Å². The van der Waals surface area contributed by atoms with Crippen molar-refractivity contribution in [2.75, 3.05) is 11.9 Å². The van der Waals surface area contributed by atoms with Crippen molar-refractivity contribution in [3.8, 4) is 11.5 Å². The highest BCUT2D eigenvalue weighted by molar-refractivity contribution is 6.06. The van der Waals surface area contributed by atoms with Crippen LogP contribution in [0.25, 0.3) is 11.0 Å². The van der Waals surface area contributed by atoms with Crippen LogP contribution >= 0.6 is 0 Å². The molecule has 0 spiro atoms. The van der Waals surface area contributed by atoms with Gasteiger partial charge in [-0.3, -0.25) is 4.79 Å². The number of hydrogen-bond acceptors (Lipinski definition) is 5. The van der Waals surface area contributed by atoms with Gasteiger partial charge in [0.2, 0.25) is 0 Å². The van der Waals surface area contributed by atoms with E-state index in [0.29, 0.717) is 17.8 Å². The summed E-state index contributed by atoms with van der Waals surface area (Å²) in [6, 6.07) is 8.42. The van der Waals surface area contributed by atoms with Crippen LogP contribution in [0.15, 0.2) is 40.9 Å². The maximum atomic E-state index is 12.4. The lowest BCUT2D eigenvalue weighted by molar-refractivity contribution is 0.0997. The highest BCUT2D eigenvalue weighted by atomic mass is 16.5. The Hall–Kier alpha value is -3.02. The fourth-order valence-electron chi connectivity index (χ4n) is 2.33. The molecule has 1 aromatic carbocycles. The quantitative estimate of drug-likeness (QED) is 0.770. The fraction of sp³-hybridized carbons (Fsp3) is 0.176. The lowest BCUT2D eigenvalue weighted by atomic mass is 10.1. The van der Waals surface area contributed by atoms with E-state index in [1.165, 1.54) is 12.3 Å². The number of carbonyl (C=O) groups is 1. The summed E-state index contributed by atoms with van der Waals surface area (Å²) in [5.41, 5.74) is 1.30. The largest absolute Gasteiger partial charge is 0.504 e. The second-order valence-corrected chi connectivity index (χ2v) is 4.97. The first-order valence-corrected chi connectivity index (χ1v) is 7.21. The summed E-state index contributed by atoms with van der Waals surface area (Å²) in [6.45, 7) is 4.27. The van der Waals surface area contributed by atoms with Crippen molar-refractivity contribution in [2.24, 2.45) is 0 Å². The van der Waals surface area contributed by atoms with E-state index in [-0.39, 0.29) is 17.3 Å². The zero-order valence-electron chi connectivity index (χ0n) is 12.8. The summed E-state index contributed by atoms with van der Waals surface area (Å²) in [6.07, 6.45) is 1.48. The Labute approximate surface area is 132 Å². The molecule has 118 valence electrons. The lowest BCUT2D eigenvalue weighted by Gasteiger charge is -2.04. The van der Waals surface area contributed by atoms with Crippen molar-refractivity contribution in [3.63, 3.8) is 0 Å². The minimum atomic E-state index is -0.467. The molecule has 0 unspecified atom stereocenters. The number of furan rings is 1. The van der Waals surface area contributed by atoms with Gasteiger partial charge in [-0.15, -0.1) is 0 Å². The molecule has 2 heterocycles. The Kier molecular flexibility index (Phi) is 3.89. The van der Waals surface area contributed by atoms with E-state index in [4.69, 9.17) is 9.15 Å². The molecule has 0 aliphatic carbocycles. The smallest absolute Gasteiger partial charge is 0.292 e. The number of aromatic hydroxyl groups is 1. The average molecular weight is 312 g/mol. The van der Waals surface area contributed by atoms with E-state index < -0.39 is 5.91 Å². The normalized spacial score (nSPS) is 10.7. The minimum absolute atomic E-state index is 0.0901. The third kappa shape index (κ3) is 2.83. The number of amides is 1. The molecule has 0 saturated heterocycles. The van der Waals surface area contributed by atoms with Crippen LogP contribution in [0.3, 0.4) is 0 Å². The first-order chi connectivity index (χ1) is 11.1. The maximum Gasteiger partial charge on any atom is 0.292 e. The highest BCUT2D eigenvalue weighted by Crippen LogP contribution is 2.30. The van der Waals surface area contributed by atoms with Gasteiger partial charge < -0.3 is 19.6 Å². The third-order valence-corrected chi connectivity index (χ3v) is 3.44. The van der Waals surface area contributed by atoms with Gasteiger partial charge in [-0.05, 0) is 44.2 Å². The molecule has 0 fully saturated rings. The van der Waals surface area contributed by atoms with Gasteiger partial charge in [0.15, 0.2) is 17.3 Å². The number of pyridine rings is 1. The van der Waals surface area contributed by atoms with E-state index in [2.05, 4.69) is 10.3 Å². The summed E-state index contributed by atoms with van der Waals surface area (Å²) in [7, 11) is 0. The van der Waals surface area contributed by atoms with Crippen LogP contribution in [0.5, 0.6) is 11.5 Å². The monoisotopic (exact) mass is 312 g/mol. The number of nitrogens with zero attached hydrogens (tertiary/aromatic N) is 1. The summed E-state index contributed by atoms with van der Waals surface area (Å²) in [4.78, 5) is 16.3. The van der Waals surface area contributed by atoms with Gasteiger partial charge in [0.1, 0.15) is 11.3 Å². The van der Waals surface area contributed by atoms with Gasteiger partial charge in [-0.25, -0.2) is 4.98 Å². The predicted molar refractivity (Wildman–Crippen MR) is 86.0 cm³/mol. The van der Waals surface area contributed by atoms with Crippen molar-refractivity contribution in [2.45, 2.75) is 13.8 Å². The molecule has 0 aliphatic rings. The van der Waals surface area contributed by atoms with Crippen molar-refractivity contribution in [1.29, 1.82) is 0 Å². The average Bonchev–Trinajstić information content (AvgIpc) is 2.87. The van der Waals surface area contributed by atoms with Gasteiger partial charge in [0.05, 0.1) is 6.61 Å². The van der Waals surface area contributed by atoms with Crippen LogP contribution in [-0.4, -0.2) is 22.6 Å². The van der Waals surface area contributed by atoms with E-state index >= 15 is 0 Å². The molecule has 0 radical (unpaired) electrons. The Bertz CT molecular complexity index is 870.